The minimum Gasteiger partial charge on any atom is -0.310 e. The fourth-order valence-corrected chi connectivity index (χ4v) is 8.87. The Kier molecular flexibility index (Phi) is 9.29. The quantitative estimate of drug-likeness (QED) is 0.159. The van der Waals surface area contributed by atoms with Gasteiger partial charge in [-0.15, -0.1) is 0 Å². The van der Waals surface area contributed by atoms with Gasteiger partial charge in [-0.1, -0.05) is 101 Å². The van der Waals surface area contributed by atoms with Gasteiger partial charge in [0, 0.05) is 33.5 Å². The summed E-state index contributed by atoms with van der Waals surface area (Å²) in [6.45, 7) is 22.5. The fraction of sp³-hybridized carbons (Fsp3) is 0.222. The Balaban J connectivity index is 1.56. The van der Waals surface area contributed by atoms with Crippen LogP contribution in [0.3, 0.4) is 0 Å². The minimum absolute atomic E-state index is 0.182. The van der Waals surface area contributed by atoms with Crippen molar-refractivity contribution in [1.29, 1.82) is 10.5 Å². The zero-order valence-corrected chi connectivity index (χ0v) is 35.3. The van der Waals surface area contributed by atoms with E-state index in [1.54, 1.807) is 0 Å². The molecule has 0 amide bonds. The summed E-state index contributed by atoms with van der Waals surface area (Å²) in [4.78, 5) is 4.78. The van der Waals surface area contributed by atoms with Gasteiger partial charge in [0.25, 0.3) is 0 Å². The van der Waals surface area contributed by atoms with E-state index in [0.717, 1.165) is 34.1 Å². The summed E-state index contributed by atoms with van der Waals surface area (Å²) >= 11 is 0. The van der Waals surface area contributed by atoms with Gasteiger partial charge in [-0.05, 0) is 155 Å². The van der Waals surface area contributed by atoms with Crippen LogP contribution in [0.5, 0.6) is 0 Å². The number of nitrogens with zero attached hydrogens (tertiary/aromatic N) is 4. The maximum atomic E-state index is 9.76. The molecule has 8 aromatic carbocycles. The van der Waals surface area contributed by atoms with Gasteiger partial charge >= 0.3 is 0 Å². The molecule has 0 aliphatic heterocycles. The third kappa shape index (κ3) is 6.50. The highest BCUT2D eigenvalue weighted by Crippen LogP contribution is 2.52. The molecular formula is C54H50N4. The third-order valence-electron chi connectivity index (χ3n) is 11.6. The average Bonchev–Trinajstić information content (AvgIpc) is 3.18. The van der Waals surface area contributed by atoms with Crippen molar-refractivity contribution in [2.45, 2.75) is 80.1 Å². The number of hydrogen-bond acceptors (Lipinski definition) is 4. The first-order chi connectivity index (χ1) is 27.6. The molecular weight excluding hydrogens is 705 g/mol. The smallest absolute Gasteiger partial charge is 0.0991 e. The van der Waals surface area contributed by atoms with Gasteiger partial charge in [0.05, 0.1) is 34.6 Å². The van der Waals surface area contributed by atoms with Crippen LogP contribution in [-0.4, -0.2) is 0 Å². The molecule has 0 aromatic heterocycles. The molecule has 0 N–H and O–H groups in total. The molecule has 0 fully saturated rings. The van der Waals surface area contributed by atoms with Crippen molar-refractivity contribution in [2.75, 3.05) is 9.80 Å². The summed E-state index contributed by atoms with van der Waals surface area (Å²) in [7, 11) is 0. The van der Waals surface area contributed by atoms with Crippen LogP contribution in [0.4, 0.5) is 34.1 Å². The van der Waals surface area contributed by atoms with Crippen LogP contribution in [0.15, 0.2) is 121 Å². The van der Waals surface area contributed by atoms with Crippen LogP contribution in [0.25, 0.3) is 32.3 Å². The molecule has 8 aromatic rings. The number of anilines is 6. The summed E-state index contributed by atoms with van der Waals surface area (Å²) in [5.74, 6) is 0. The number of aryl methyl sites for hydroxylation is 4. The predicted octanol–water partition coefficient (Wildman–Crippen LogP) is 15.1. The van der Waals surface area contributed by atoms with E-state index >= 15 is 0 Å². The summed E-state index contributed by atoms with van der Waals surface area (Å²) < 4.78 is 0. The molecule has 58 heavy (non-hydrogen) atoms. The van der Waals surface area contributed by atoms with Gasteiger partial charge in [-0.3, -0.25) is 0 Å². The van der Waals surface area contributed by atoms with E-state index in [1.165, 1.54) is 65.7 Å². The van der Waals surface area contributed by atoms with Gasteiger partial charge in [-0.25, -0.2) is 0 Å². The molecule has 4 nitrogen and oxygen atoms in total. The molecule has 8 rings (SSSR count). The highest BCUT2D eigenvalue weighted by atomic mass is 15.2. The normalized spacial score (nSPS) is 11.9. The molecule has 286 valence electrons. The van der Waals surface area contributed by atoms with Crippen molar-refractivity contribution in [1.82, 2.24) is 0 Å². The maximum Gasteiger partial charge on any atom is 0.0991 e. The van der Waals surface area contributed by atoms with Crippen molar-refractivity contribution in [3.8, 4) is 12.1 Å². The Morgan fingerprint density at radius 1 is 0.397 bits per heavy atom. The van der Waals surface area contributed by atoms with Gasteiger partial charge < -0.3 is 9.80 Å². The average molecular weight is 755 g/mol. The van der Waals surface area contributed by atoms with Crippen molar-refractivity contribution in [3.63, 3.8) is 0 Å². The van der Waals surface area contributed by atoms with Gasteiger partial charge in [0.15, 0.2) is 0 Å². The lowest BCUT2D eigenvalue weighted by atomic mass is 9.77. The van der Waals surface area contributed by atoms with Crippen LogP contribution < -0.4 is 9.80 Å². The molecule has 4 heteroatoms. The highest BCUT2D eigenvalue weighted by molar-refractivity contribution is 6.29. The number of rotatable bonds is 6. The van der Waals surface area contributed by atoms with Crippen LogP contribution >= 0.6 is 0 Å². The Morgan fingerprint density at radius 3 is 1.05 bits per heavy atom. The maximum absolute atomic E-state index is 9.76. The van der Waals surface area contributed by atoms with E-state index in [9.17, 15) is 10.5 Å². The molecule has 0 aliphatic carbocycles. The lowest BCUT2D eigenvalue weighted by Crippen LogP contribution is -2.18. The van der Waals surface area contributed by atoms with Crippen molar-refractivity contribution >= 4 is 66.4 Å². The Labute approximate surface area is 343 Å². The second-order valence-electron chi connectivity index (χ2n) is 18.0. The first kappa shape index (κ1) is 38.3. The van der Waals surface area contributed by atoms with E-state index in [0.29, 0.717) is 11.1 Å². The molecule has 0 saturated carbocycles. The molecule has 0 atom stereocenters. The van der Waals surface area contributed by atoms with Crippen molar-refractivity contribution in [3.05, 3.63) is 166 Å². The Hall–Kier alpha value is -6.62. The van der Waals surface area contributed by atoms with Gasteiger partial charge in [0.2, 0.25) is 0 Å². The molecule has 0 radical (unpaired) electrons. The van der Waals surface area contributed by atoms with E-state index in [1.807, 2.05) is 24.3 Å². The lowest BCUT2D eigenvalue weighted by molar-refractivity contribution is 0.595. The standard InChI is InChI=1S/C54H50N4/c1-33-11-25-47(35(3)27-33)57(39-17-13-37(31-55)14-18-39)49-29-45(53(5,6)7)41-22-24-44-50(30-46(54(8,9)10)42-21-23-43(49)51(41)52(42)44)58(40-19-15-38(32-56)16-20-40)48-26-12-34(2)28-36(48)4/h11-30H,1-10H3. The Morgan fingerprint density at radius 2 is 0.741 bits per heavy atom. The van der Waals surface area contributed by atoms with E-state index in [2.05, 4.69) is 188 Å². The predicted molar refractivity (Wildman–Crippen MR) is 245 cm³/mol. The largest absolute Gasteiger partial charge is 0.310 e. The molecule has 0 saturated heterocycles. The summed E-state index contributed by atoms with van der Waals surface area (Å²) in [5.41, 5.74) is 14.6. The van der Waals surface area contributed by atoms with Gasteiger partial charge in [0.1, 0.15) is 0 Å². The summed E-state index contributed by atoms with van der Waals surface area (Å²) in [6.07, 6.45) is 0. The first-order valence-electron chi connectivity index (χ1n) is 20.1. The first-order valence-corrected chi connectivity index (χ1v) is 20.1. The topological polar surface area (TPSA) is 54.1 Å². The summed E-state index contributed by atoms with van der Waals surface area (Å²) in [6, 6.07) is 48.1. The van der Waals surface area contributed by atoms with Crippen LogP contribution in [-0.2, 0) is 10.8 Å². The molecule has 0 bridgehead atoms. The third-order valence-corrected chi connectivity index (χ3v) is 11.6. The lowest BCUT2D eigenvalue weighted by Gasteiger charge is -2.34. The van der Waals surface area contributed by atoms with Crippen molar-refractivity contribution in [2.24, 2.45) is 0 Å². The Bertz CT molecular complexity index is 2760. The molecule has 0 unspecified atom stereocenters. The zero-order chi connectivity index (χ0) is 41.3. The molecule has 0 spiro atoms. The highest BCUT2D eigenvalue weighted by Gasteiger charge is 2.30. The van der Waals surface area contributed by atoms with E-state index in [4.69, 9.17) is 0 Å². The second kappa shape index (κ2) is 14.1. The fourth-order valence-electron chi connectivity index (χ4n) is 8.87. The van der Waals surface area contributed by atoms with E-state index < -0.39 is 0 Å². The number of benzene rings is 8. The summed E-state index contributed by atoms with van der Waals surface area (Å²) in [5, 5.41) is 26.8. The van der Waals surface area contributed by atoms with Crippen LogP contribution in [0.2, 0.25) is 0 Å². The SMILES string of the molecule is Cc1ccc(N(c2ccc(C#N)cc2)c2cc(C(C)(C)C)c3ccc4c(N(c5ccc(C#N)cc5)c5ccc(C)cc5C)cc(C(C)(C)C)c5ccc2c3c45)c(C)c1. The van der Waals surface area contributed by atoms with Crippen LogP contribution in [0.1, 0.15) is 86.1 Å². The van der Waals surface area contributed by atoms with Crippen molar-refractivity contribution < 1.29 is 0 Å². The number of nitriles is 2. The number of hydrogen-bond donors (Lipinski definition) is 0. The van der Waals surface area contributed by atoms with E-state index in [-0.39, 0.29) is 10.8 Å². The monoisotopic (exact) mass is 754 g/mol. The molecule has 0 aliphatic rings. The van der Waals surface area contributed by atoms with Crippen LogP contribution in [0, 0.1) is 50.4 Å². The second-order valence-corrected chi connectivity index (χ2v) is 18.0. The van der Waals surface area contributed by atoms with Gasteiger partial charge in [-0.2, -0.15) is 10.5 Å². The zero-order valence-electron chi connectivity index (χ0n) is 35.3. The molecule has 0 heterocycles. The minimum atomic E-state index is -0.182.